The van der Waals surface area contributed by atoms with Crippen LogP contribution in [0.1, 0.15) is 12.8 Å². The first kappa shape index (κ1) is 11.8. The summed E-state index contributed by atoms with van der Waals surface area (Å²) < 4.78 is 0. The number of carbonyl (C=O) groups is 2. The van der Waals surface area contributed by atoms with Gasteiger partial charge in [-0.15, -0.1) is 0 Å². The van der Waals surface area contributed by atoms with Crippen LogP contribution in [0.15, 0.2) is 5.16 Å². The molecule has 1 fully saturated rings. The summed E-state index contributed by atoms with van der Waals surface area (Å²) in [6.07, 6.45) is 0.150. The molecule has 0 aromatic rings. The lowest BCUT2D eigenvalue weighted by Gasteiger charge is -2.18. The minimum absolute atomic E-state index is 0.0396. The Bertz CT molecular complexity index is 369. The molecule has 94 valence electrons. The highest BCUT2D eigenvalue weighted by atomic mass is 16.6. The summed E-state index contributed by atoms with van der Waals surface area (Å²) in [5.74, 6) is -0.997. The molecule has 7 nitrogen and oxygen atoms in total. The maximum Gasteiger partial charge on any atom is 0.353 e. The second-order valence-electron chi connectivity index (χ2n) is 4.32. The number of oxime groups is 1. The molecule has 0 aromatic heterocycles. The summed E-state index contributed by atoms with van der Waals surface area (Å²) >= 11 is 0. The van der Waals surface area contributed by atoms with Crippen molar-refractivity contribution >= 4 is 17.6 Å². The van der Waals surface area contributed by atoms with E-state index in [1.807, 2.05) is 0 Å². The van der Waals surface area contributed by atoms with Crippen LogP contribution in [-0.2, 0) is 14.4 Å². The predicted octanol–water partition coefficient (Wildman–Crippen LogP) is -0.977. The van der Waals surface area contributed by atoms with Gasteiger partial charge in [-0.3, -0.25) is 4.79 Å². The molecule has 2 heterocycles. The van der Waals surface area contributed by atoms with Crippen molar-refractivity contribution in [2.45, 2.75) is 18.9 Å². The van der Waals surface area contributed by atoms with E-state index in [1.165, 1.54) is 0 Å². The van der Waals surface area contributed by atoms with E-state index >= 15 is 0 Å². The molecular weight excluding hydrogens is 226 g/mol. The minimum atomic E-state index is -1.14. The maximum atomic E-state index is 12.0. The van der Waals surface area contributed by atoms with E-state index in [9.17, 15) is 9.59 Å². The van der Waals surface area contributed by atoms with Crippen LogP contribution in [0.5, 0.6) is 0 Å². The molecule has 3 N–H and O–H groups in total. The fraction of sp³-hybridized carbons (Fsp3) is 0.700. The van der Waals surface area contributed by atoms with Crippen molar-refractivity contribution in [3.05, 3.63) is 0 Å². The molecule has 1 amide bonds. The summed E-state index contributed by atoms with van der Waals surface area (Å²) in [7, 11) is 0. The Labute approximate surface area is 98.2 Å². The van der Waals surface area contributed by atoms with Gasteiger partial charge in [-0.25, -0.2) is 4.79 Å². The van der Waals surface area contributed by atoms with Gasteiger partial charge in [-0.05, 0) is 18.9 Å². The highest BCUT2D eigenvalue weighted by Crippen LogP contribution is 2.20. The summed E-state index contributed by atoms with van der Waals surface area (Å²) in [6, 6.07) is 0. The third-order valence-corrected chi connectivity index (χ3v) is 3.12. The summed E-state index contributed by atoms with van der Waals surface area (Å²) in [4.78, 5) is 29.1. The first-order chi connectivity index (χ1) is 8.11. The summed E-state index contributed by atoms with van der Waals surface area (Å²) in [5, 5.41) is 12.1. The third-order valence-electron chi connectivity index (χ3n) is 3.12. The van der Waals surface area contributed by atoms with E-state index in [4.69, 9.17) is 15.7 Å². The number of rotatable bonds is 3. The molecule has 0 aromatic carbocycles. The van der Waals surface area contributed by atoms with Crippen LogP contribution in [0, 0.1) is 5.92 Å². The van der Waals surface area contributed by atoms with Gasteiger partial charge in [-0.1, -0.05) is 5.16 Å². The zero-order valence-electron chi connectivity index (χ0n) is 9.33. The van der Waals surface area contributed by atoms with Crippen LogP contribution < -0.4 is 5.73 Å². The van der Waals surface area contributed by atoms with Crippen molar-refractivity contribution in [3.63, 3.8) is 0 Å². The number of carboxylic acids is 1. The fourth-order valence-electron chi connectivity index (χ4n) is 2.06. The van der Waals surface area contributed by atoms with E-state index in [0.717, 1.165) is 6.42 Å². The number of hydrogen-bond donors (Lipinski definition) is 2. The second-order valence-corrected chi connectivity index (χ2v) is 4.32. The number of hydrogen-bond acceptors (Lipinski definition) is 5. The largest absolute Gasteiger partial charge is 0.477 e. The zero-order valence-corrected chi connectivity index (χ0v) is 9.33. The SMILES string of the molecule is NCC1CCN(C(=O)C2CC(C(=O)O)=NO2)C1. The van der Waals surface area contributed by atoms with Crippen LogP contribution in [0.3, 0.4) is 0 Å². The average molecular weight is 241 g/mol. The molecule has 2 aliphatic rings. The van der Waals surface area contributed by atoms with Crippen LogP contribution in [-0.4, -0.2) is 53.3 Å². The molecule has 17 heavy (non-hydrogen) atoms. The average Bonchev–Trinajstić information content (AvgIpc) is 2.97. The lowest BCUT2D eigenvalue weighted by molar-refractivity contribution is -0.141. The highest BCUT2D eigenvalue weighted by molar-refractivity contribution is 6.36. The van der Waals surface area contributed by atoms with Gasteiger partial charge < -0.3 is 20.6 Å². The first-order valence-corrected chi connectivity index (χ1v) is 5.56. The van der Waals surface area contributed by atoms with E-state index in [1.54, 1.807) is 4.90 Å². The third kappa shape index (κ3) is 2.38. The number of nitrogens with zero attached hydrogens (tertiary/aromatic N) is 2. The zero-order chi connectivity index (χ0) is 12.4. The lowest BCUT2D eigenvalue weighted by atomic mass is 10.1. The number of carbonyl (C=O) groups excluding carboxylic acids is 1. The van der Waals surface area contributed by atoms with Gasteiger partial charge in [0.2, 0.25) is 6.10 Å². The molecule has 0 aliphatic carbocycles. The number of carboxylic acid groups (broad SMARTS) is 1. The van der Waals surface area contributed by atoms with Gasteiger partial charge in [0.15, 0.2) is 5.71 Å². The van der Waals surface area contributed by atoms with Crippen molar-refractivity contribution in [1.82, 2.24) is 4.90 Å². The lowest BCUT2D eigenvalue weighted by Crippen LogP contribution is -2.38. The Morgan fingerprint density at radius 1 is 1.59 bits per heavy atom. The van der Waals surface area contributed by atoms with E-state index in [-0.39, 0.29) is 18.0 Å². The molecule has 2 rings (SSSR count). The van der Waals surface area contributed by atoms with Gasteiger partial charge in [-0.2, -0.15) is 0 Å². The number of nitrogens with two attached hydrogens (primary N) is 1. The Morgan fingerprint density at radius 2 is 2.35 bits per heavy atom. The van der Waals surface area contributed by atoms with Crippen LogP contribution in [0.4, 0.5) is 0 Å². The minimum Gasteiger partial charge on any atom is -0.477 e. The number of aliphatic carboxylic acids is 1. The molecule has 0 saturated carbocycles. The van der Waals surface area contributed by atoms with E-state index in [0.29, 0.717) is 25.6 Å². The summed E-state index contributed by atoms with van der Waals surface area (Å²) in [6.45, 7) is 1.84. The van der Waals surface area contributed by atoms with Crippen molar-refractivity contribution < 1.29 is 19.5 Å². The van der Waals surface area contributed by atoms with Crippen LogP contribution in [0.2, 0.25) is 0 Å². The molecule has 0 radical (unpaired) electrons. The van der Waals surface area contributed by atoms with Gasteiger partial charge >= 0.3 is 5.97 Å². The van der Waals surface area contributed by atoms with Gasteiger partial charge in [0, 0.05) is 19.5 Å². The Balaban J connectivity index is 1.89. The molecule has 0 bridgehead atoms. The monoisotopic (exact) mass is 241 g/mol. The smallest absolute Gasteiger partial charge is 0.353 e. The van der Waals surface area contributed by atoms with Crippen LogP contribution in [0.25, 0.3) is 0 Å². The highest BCUT2D eigenvalue weighted by Gasteiger charge is 2.36. The van der Waals surface area contributed by atoms with E-state index < -0.39 is 12.1 Å². The standard InChI is InChI=1S/C10H15N3O4/c11-4-6-1-2-13(5-6)9(14)8-3-7(10(15)16)12-17-8/h6,8H,1-5,11H2,(H,15,16). The molecule has 0 spiro atoms. The first-order valence-electron chi connectivity index (χ1n) is 5.56. The van der Waals surface area contributed by atoms with Crippen molar-refractivity contribution in [2.24, 2.45) is 16.8 Å². The number of likely N-dealkylation sites (tertiary alicyclic amines) is 1. The topological polar surface area (TPSA) is 105 Å². The predicted molar refractivity (Wildman–Crippen MR) is 58.3 cm³/mol. The Hall–Kier alpha value is -1.63. The van der Waals surface area contributed by atoms with Gasteiger partial charge in [0.1, 0.15) is 0 Å². The van der Waals surface area contributed by atoms with Crippen molar-refractivity contribution in [2.75, 3.05) is 19.6 Å². The van der Waals surface area contributed by atoms with E-state index in [2.05, 4.69) is 5.16 Å². The quantitative estimate of drug-likeness (QED) is 0.661. The Kier molecular flexibility index (Phi) is 3.28. The molecule has 1 saturated heterocycles. The number of amides is 1. The van der Waals surface area contributed by atoms with Gasteiger partial charge in [0.05, 0.1) is 0 Å². The van der Waals surface area contributed by atoms with Crippen molar-refractivity contribution in [3.8, 4) is 0 Å². The van der Waals surface area contributed by atoms with Crippen molar-refractivity contribution in [1.29, 1.82) is 0 Å². The normalized spacial score (nSPS) is 27.8. The molecular formula is C10H15N3O4. The molecule has 7 heteroatoms. The maximum absolute atomic E-state index is 12.0. The molecule has 2 unspecified atom stereocenters. The van der Waals surface area contributed by atoms with Crippen LogP contribution >= 0.6 is 0 Å². The van der Waals surface area contributed by atoms with Gasteiger partial charge in [0.25, 0.3) is 5.91 Å². The molecule has 2 atom stereocenters. The fourth-order valence-corrected chi connectivity index (χ4v) is 2.06. The summed E-state index contributed by atoms with van der Waals surface area (Å²) in [5.41, 5.74) is 5.44. The Morgan fingerprint density at radius 3 is 2.88 bits per heavy atom. The molecule has 2 aliphatic heterocycles. The second kappa shape index (κ2) is 4.70.